The van der Waals surface area contributed by atoms with Crippen LogP contribution in [0.25, 0.3) is 0 Å². The number of rotatable bonds is 14. The van der Waals surface area contributed by atoms with Crippen LogP contribution in [0.3, 0.4) is 0 Å². The molecule has 218 valence electrons. The third-order valence-electron chi connectivity index (χ3n) is 5.69. The monoisotopic (exact) mass is 551 g/mol. The van der Waals surface area contributed by atoms with Gasteiger partial charge in [0.15, 0.2) is 6.10 Å². The molecule has 1 unspecified atom stereocenters. The summed E-state index contributed by atoms with van der Waals surface area (Å²) in [6.45, 7) is 10.3. The number of nitrogens with zero attached hydrogens (tertiary/aromatic N) is 1. The number of hydrogen-bond acceptors (Lipinski definition) is 8. The zero-order valence-corrected chi connectivity index (χ0v) is 23.5. The lowest BCUT2D eigenvalue weighted by atomic mass is 10.0. The quantitative estimate of drug-likeness (QED) is 0.250. The largest absolute Gasteiger partial charge is 0.452 e. The number of esters is 1. The average Bonchev–Trinajstić information content (AvgIpc) is 2.82. The normalized spacial score (nSPS) is 12.7. The number of alkyl carbamates (subject to hydrolysis) is 1. The van der Waals surface area contributed by atoms with E-state index in [0.717, 1.165) is 24.3 Å². The van der Waals surface area contributed by atoms with Crippen molar-refractivity contribution in [3.05, 3.63) is 28.7 Å². The van der Waals surface area contributed by atoms with Gasteiger partial charge in [0.1, 0.15) is 23.9 Å². The fourth-order valence-corrected chi connectivity index (χ4v) is 3.52. The molecule has 13 nitrogen and oxygen atoms in total. The predicted molar refractivity (Wildman–Crippen MR) is 144 cm³/mol. The van der Waals surface area contributed by atoms with Gasteiger partial charge in [0.25, 0.3) is 11.5 Å². The lowest BCUT2D eigenvalue weighted by Gasteiger charge is -2.24. The van der Waals surface area contributed by atoms with Crippen molar-refractivity contribution in [2.45, 2.75) is 91.5 Å². The van der Waals surface area contributed by atoms with Crippen LogP contribution >= 0.6 is 0 Å². The first-order valence-corrected chi connectivity index (χ1v) is 12.9. The van der Waals surface area contributed by atoms with Crippen molar-refractivity contribution in [3.8, 4) is 0 Å². The smallest absolute Gasteiger partial charge is 0.408 e. The van der Waals surface area contributed by atoms with Gasteiger partial charge in [0.2, 0.25) is 11.8 Å². The van der Waals surface area contributed by atoms with E-state index in [1.165, 1.54) is 18.3 Å². The fraction of sp³-hybridized carbons (Fsp3) is 0.615. The highest BCUT2D eigenvalue weighted by molar-refractivity contribution is 5.96. The van der Waals surface area contributed by atoms with E-state index < -0.39 is 47.2 Å². The summed E-state index contributed by atoms with van der Waals surface area (Å²) in [5.74, 6) is -2.47. The van der Waals surface area contributed by atoms with E-state index >= 15 is 0 Å². The van der Waals surface area contributed by atoms with Crippen molar-refractivity contribution in [2.24, 2.45) is 11.7 Å². The molecule has 0 aromatic carbocycles. The Labute approximate surface area is 228 Å². The number of hydrogen-bond donors (Lipinski definition) is 4. The van der Waals surface area contributed by atoms with E-state index in [1.54, 1.807) is 20.8 Å². The van der Waals surface area contributed by atoms with Crippen LogP contribution in [0.2, 0.25) is 0 Å². The first-order chi connectivity index (χ1) is 18.2. The summed E-state index contributed by atoms with van der Waals surface area (Å²) in [5.41, 5.74) is 3.66. The summed E-state index contributed by atoms with van der Waals surface area (Å²) in [4.78, 5) is 73.8. The molecule has 0 aliphatic carbocycles. The van der Waals surface area contributed by atoms with Gasteiger partial charge in [-0.15, -0.1) is 0 Å². The Bertz CT molecular complexity index is 1070. The topological polar surface area (TPSA) is 188 Å². The molecule has 1 aromatic rings. The van der Waals surface area contributed by atoms with E-state index in [2.05, 4.69) is 16.0 Å². The fourth-order valence-electron chi connectivity index (χ4n) is 3.52. The van der Waals surface area contributed by atoms with Crippen LogP contribution in [-0.2, 0) is 35.2 Å². The van der Waals surface area contributed by atoms with Crippen LogP contribution in [0.5, 0.6) is 0 Å². The minimum Gasteiger partial charge on any atom is -0.452 e. The summed E-state index contributed by atoms with van der Waals surface area (Å²) in [6, 6.07) is 1.56. The van der Waals surface area contributed by atoms with Gasteiger partial charge in [-0.25, -0.2) is 4.79 Å². The number of carbonyl (C=O) groups excluding carboxylic acids is 5. The van der Waals surface area contributed by atoms with Crippen LogP contribution in [0.1, 0.15) is 67.2 Å². The molecule has 0 fully saturated rings. The molecule has 13 heteroatoms. The molecular formula is C26H41N5O8. The van der Waals surface area contributed by atoms with Gasteiger partial charge in [0, 0.05) is 19.7 Å². The number of aromatic nitrogens is 1. The van der Waals surface area contributed by atoms with Gasteiger partial charge < -0.3 is 35.7 Å². The van der Waals surface area contributed by atoms with Gasteiger partial charge in [-0.05, 0) is 51.7 Å². The van der Waals surface area contributed by atoms with Crippen LogP contribution in [0, 0.1) is 5.92 Å². The van der Waals surface area contributed by atoms with E-state index in [-0.39, 0.29) is 31.0 Å². The van der Waals surface area contributed by atoms with Crippen molar-refractivity contribution >= 4 is 35.5 Å². The Kier molecular flexibility index (Phi) is 13.2. The number of amides is 4. The molecule has 0 radical (unpaired) electrons. The van der Waals surface area contributed by atoms with Crippen molar-refractivity contribution < 1.29 is 33.4 Å². The van der Waals surface area contributed by atoms with Crippen LogP contribution in [0.4, 0.5) is 10.5 Å². The standard InChI is InChI=1S/C26H41N5O8/c1-7-17(8-2)14-28-21(33)15-31-13-9-10-19(24(31)36)29-23(35)18(30-25(37)39-26(4,5)6)11-12-20(22(27)34)38-16(3)32/h9-10,13,17-18,20H,7-8,11-12,14-15H2,1-6H3,(H2,27,34)(H,28,33)(H,29,35)(H,30,37)/t18-,20?/m0/s1. The molecule has 0 aliphatic heterocycles. The molecule has 5 N–H and O–H groups in total. The lowest BCUT2D eigenvalue weighted by molar-refractivity contribution is -0.153. The number of anilines is 1. The summed E-state index contributed by atoms with van der Waals surface area (Å²) in [6.07, 6.45) is 0.650. The predicted octanol–water partition coefficient (Wildman–Crippen LogP) is 1.43. The summed E-state index contributed by atoms with van der Waals surface area (Å²) in [7, 11) is 0. The summed E-state index contributed by atoms with van der Waals surface area (Å²) >= 11 is 0. The number of carbonyl (C=O) groups is 5. The molecule has 2 atom stereocenters. The van der Waals surface area contributed by atoms with Crippen molar-refractivity contribution in [2.75, 3.05) is 11.9 Å². The summed E-state index contributed by atoms with van der Waals surface area (Å²) in [5, 5.41) is 7.67. The number of nitrogens with two attached hydrogens (primary N) is 1. The molecule has 0 saturated heterocycles. The third kappa shape index (κ3) is 12.5. The van der Waals surface area contributed by atoms with E-state index in [9.17, 15) is 28.8 Å². The van der Waals surface area contributed by atoms with E-state index in [1.807, 2.05) is 13.8 Å². The Morgan fingerprint density at radius 3 is 2.26 bits per heavy atom. The second kappa shape index (κ2) is 15.5. The van der Waals surface area contributed by atoms with E-state index in [0.29, 0.717) is 12.5 Å². The van der Waals surface area contributed by atoms with Gasteiger partial charge >= 0.3 is 12.1 Å². The van der Waals surface area contributed by atoms with Gasteiger partial charge in [-0.3, -0.25) is 24.0 Å². The molecule has 39 heavy (non-hydrogen) atoms. The zero-order chi connectivity index (χ0) is 29.8. The maximum atomic E-state index is 13.1. The number of ether oxygens (including phenoxy) is 2. The molecule has 0 bridgehead atoms. The minimum atomic E-state index is -1.33. The first kappa shape index (κ1) is 33.1. The minimum absolute atomic E-state index is 0.127. The molecule has 1 rings (SSSR count). The first-order valence-electron chi connectivity index (χ1n) is 12.9. The molecule has 4 amide bonds. The van der Waals surface area contributed by atoms with Crippen LogP contribution in [0.15, 0.2) is 23.1 Å². The van der Waals surface area contributed by atoms with Crippen LogP contribution < -0.4 is 27.2 Å². The zero-order valence-electron chi connectivity index (χ0n) is 23.5. The Morgan fingerprint density at radius 2 is 1.72 bits per heavy atom. The second-order valence-corrected chi connectivity index (χ2v) is 10.1. The van der Waals surface area contributed by atoms with Crippen molar-refractivity contribution in [1.82, 2.24) is 15.2 Å². The highest BCUT2D eigenvalue weighted by atomic mass is 16.6. The van der Waals surface area contributed by atoms with Gasteiger partial charge in [-0.2, -0.15) is 0 Å². The second-order valence-electron chi connectivity index (χ2n) is 10.1. The number of pyridine rings is 1. The maximum absolute atomic E-state index is 13.1. The summed E-state index contributed by atoms with van der Waals surface area (Å²) < 4.78 is 11.2. The highest BCUT2D eigenvalue weighted by Crippen LogP contribution is 2.12. The molecule has 0 spiro atoms. The molecule has 1 heterocycles. The van der Waals surface area contributed by atoms with Crippen molar-refractivity contribution in [3.63, 3.8) is 0 Å². The molecular weight excluding hydrogens is 510 g/mol. The Hall–Kier alpha value is -3.90. The number of nitrogens with one attached hydrogen (secondary N) is 3. The van der Waals surface area contributed by atoms with Gasteiger partial charge in [0.05, 0.1) is 0 Å². The van der Waals surface area contributed by atoms with E-state index in [4.69, 9.17) is 15.2 Å². The number of primary amides is 1. The Morgan fingerprint density at radius 1 is 1.08 bits per heavy atom. The maximum Gasteiger partial charge on any atom is 0.408 e. The van der Waals surface area contributed by atoms with Gasteiger partial charge in [-0.1, -0.05) is 26.7 Å². The lowest BCUT2D eigenvalue weighted by Crippen LogP contribution is -2.47. The third-order valence-corrected chi connectivity index (χ3v) is 5.69. The van der Waals surface area contributed by atoms with Crippen LogP contribution in [-0.4, -0.2) is 58.6 Å². The highest BCUT2D eigenvalue weighted by Gasteiger charge is 2.28. The Balaban J connectivity index is 3.05. The average molecular weight is 552 g/mol. The molecule has 0 aliphatic rings. The molecule has 1 aromatic heterocycles. The molecule has 0 saturated carbocycles. The van der Waals surface area contributed by atoms with Crippen molar-refractivity contribution in [1.29, 1.82) is 0 Å². The SMILES string of the molecule is CCC(CC)CNC(=O)Cn1cccc(NC(=O)[C@H](CCC(OC(C)=O)C(N)=O)NC(=O)OC(C)(C)C)c1=O.